The quantitative estimate of drug-likeness (QED) is 0.718. The smallest absolute Gasteiger partial charge is 0.111 e. The molecule has 2 heterocycles. The Morgan fingerprint density at radius 2 is 2.33 bits per heavy atom. The van der Waals surface area contributed by atoms with Crippen molar-refractivity contribution in [1.29, 1.82) is 0 Å². The van der Waals surface area contributed by atoms with Crippen molar-refractivity contribution in [2.75, 3.05) is 0 Å². The molecule has 1 aliphatic rings. The van der Waals surface area contributed by atoms with Gasteiger partial charge in [-0.25, -0.2) is 0 Å². The number of nitrogens with one attached hydrogen (secondary N) is 1. The van der Waals surface area contributed by atoms with E-state index in [1.807, 2.05) is 19.9 Å². The Bertz CT molecular complexity index is 300. The van der Waals surface area contributed by atoms with Crippen molar-refractivity contribution in [2.45, 2.75) is 19.4 Å². The molecule has 1 aromatic heterocycles. The van der Waals surface area contributed by atoms with E-state index in [-0.39, 0.29) is 5.60 Å². The van der Waals surface area contributed by atoms with Crippen LogP contribution >= 0.6 is 11.3 Å². The van der Waals surface area contributed by atoms with Crippen LogP contribution in [0.2, 0.25) is 0 Å². The summed E-state index contributed by atoms with van der Waals surface area (Å²) in [5.74, 6) is 0. The van der Waals surface area contributed by atoms with Crippen molar-refractivity contribution >= 4 is 17.0 Å². The van der Waals surface area contributed by atoms with E-state index in [0.717, 1.165) is 5.70 Å². The molecule has 0 bridgehead atoms. The summed E-state index contributed by atoms with van der Waals surface area (Å²) in [6, 6.07) is 4.11. The first-order valence-electron chi connectivity index (χ1n) is 3.88. The molecule has 0 amide bonds. The summed E-state index contributed by atoms with van der Waals surface area (Å²) in [4.78, 5) is 6.56. The van der Waals surface area contributed by atoms with Crippen LogP contribution in [0.1, 0.15) is 18.7 Å². The second-order valence-corrected chi connectivity index (χ2v) is 4.29. The lowest BCUT2D eigenvalue weighted by Crippen LogP contribution is -2.20. The topological polar surface area (TPSA) is 21.3 Å². The molecule has 0 unspecified atom stereocenters. The maximum Gasteiger partial charge on any atom is 0.111 e. The van der Waals surface area contributed by atoms with Crippen LogP contribution in [0.4, 0.5) is 0 Å². The van der Waals surface area contributed by atoms with Crippen LogP contribution in [0.3, 0.4) is 0 Å². The molecule has 0 saturated carbocycles. The summed E-state index contributed by atoms with van der Waals surface area (Å²) >= 11 is 1.71. The van der Waals surface area contributed by atoms with Gasteiger partial charge in [0, 0.05) is 0 Å². The molecule has 1 N–H and O–H groups in total. The lowest BCUT2D eigenvalue weighted by Gasteiger charge is -2.11. The third kappa shape index (κ3) is 1.38. The number of hydrogen-bond donors (Lipinski definition) is 1. The van der Waals surface area contributed by atoms with Crippen molar-refractivity contribution < 1.29 is 4.84 Å². The zero-order chi connectivity index (χ0) is 8.60. The Morgan fingerprint density at radius 1 is 1.50 bits per heavy atom. The molecule has 0 aromatic carbocycles. The molecule has 0 radical (unpaired) electrons. The predicted octanol–water partition coefficient (Wildman–Crippen LogP) is 2.40. The maximum absolute atomic E-state index is 5.34. The van der Waals surface area contributed by atoms with Crippen LogP contribution in [-0.4, -0.2) is 5.60 Å². The Labute approximate surface area is 75.8 Å². The second kappa shape index (κ2) is 2.61. The van der Waals surface area contributed by atoms with Crippen LogP contribution in [-0.2, 0) is 4.84 Å². The maximum atomic E-state index is 5.34. The molecular formula is C9H11NOS. The van der Waals surface area contributed by atoms with Gasteiger partial charge in [-0.15, -0.1) is 11.3 Å². The van der Waals surface area contributed by atoms with E-state index >= 15 is 0 Å². The van der Waals surface area contributed by atoms with E-state index in [9.17, 15) is 0 Å². The summed E-state index contributed by atoms with van der Waals surface area (Å²) in [5, 5.41) is 2.06. The SMILES string of the molecule is CC1(C)C=C(c2cccs2)NO1. The lowest BCUT2D eigenvalue weighted by molar-refractivity contribution is -0.00833. The summed E-state index contributed by atoms with van der Waals surface area (Å²) in [5.41, 5.74) is 3.82. The number of thiophene rings is 1. The van der Waals surface area contributed by atoms with Gasteiger partial charge in [0.05, 0.1) is 10.6 Å². The highest BCUT2D eigenvalue weighted by atomic mass is 32.1. The first-order chi connectivity index (χ1) is 5.67. The fourth-order valence-corrected chi connectivity index (χ4v) is 1.83. The van der Waals surface area contributed by atoms with Crippen molar-refractivity contribution in [3.63, 3.8) is 0 Å². The van der Waals surface area contributed by atoms with E-state index in [1.165, 1.54) is 4.88 Å². The summed E-state index contributed by atoms with van der Waals surface area (Å²) in [6.45, 7) is 4.06. The van der Waals surface area contributed by atoms with Gasteiger partial charge in [0.25, 0.3) is 0 Å². The molecule has 0 saturated heterocycles. The highest BCUT2D eigenvalue weighted by molar-refractivity contribution is 7.11. The van der Waals surface area contributed by atoms with Gasteiger partial charge in [-0.1, -0.05) is 6.07 Å². The van der Waals surface area contributed by atoms with Crippen LogP contribution in [0.5, 0.6) is 0 Å². The minimum absolute atomic E-state index is 0.181. The molecule has 1 aliphatic heterocycles. The molecule has 2 nitrogen and oxygen atoms in total. The second-order valence-electron chi connectivity index (χ2n) is 3.34. The Morgan fingerprint density at radius 3 is 2.83 bits per heavy atom. The van der Waals surface area contributed by atoms with Gasteiger partial charge < -0.3 is 0 Å². The highest BCUT2D eigenvalue weighted by Gasteiger charge is 2.24. The van der Waals surface area contributed by atoms with E-state index in [0.29, 0.717) is 0 Å². The van der Waals surface area contributed by atoms with E-state index in [4.69, 9.17) is 4.84 Å². The monoisotopic (exact) mass is 181 g/mol. The highest BCUT2D eigenvalue weighted by Crippen LogP contribution is 2.27. The molecular weight excluding hydrogens is 170 g/mol. The molecule has 0 spiro atoms. The summed E-state index contributed by atoms with van der Waals surface area (Å²) < 4.78 is 0. The Kier molecular flexibility index (Phi) is 1.70. The van der Waals surface area contributed by atoms with Gasteiger partial charge in [0.15, 0.2) is 0 Å². The van der Waals surface area contributed by atoms with Gasteiger partial charge in [0.1, 0.15) is 5.60 Å². The zero-order valence-electron chi connectivity index (χ0n) is 7.13. The number of hydrogen-bond acceptors (Lipinski definition) is 3. The van der Waals surface area contributed by atoms with Gasteiger partial charge in [-0.2, -0.15) is 0 Å². The Balaban J connectivity index is 2.28. The standard InChI is InChI=1S/C9H11NOS/c1-9(2)6-7(10-11-9)8-4-3-5-12-8/h3-6,10H,1-2H3. The Hall–Kier alpha value is -0.800. The average molecular weight is 181 g/mol. The van der Waals surface area contributed by atoms with Gasteiger partial charge in [-0.05, 0) is 31.4 Å². The van der Waals surface area contributed by atoms with Gasteiger partial charge >= 0.3 is 0 Å². The first-order valence-corrected chi connectivity index (χ1v) is 4.76. The molecule has 0 fully saturated rings. The molecule has 2 rings (SSSR count). The average Bonchev–Trinajstić information content (AvgIpc) is 2.55. The van der Waals surface area contributed by atoms with Crippen LogP contribution in [0.15, 0.2) is 23.6 Å². The largest absolute Gasteiger partial charge is 0.266 e. The number of rotatable bonds is 1. The van der Waals surface area contributed by atoms with Gasteiger partial charge in [-0.3, -0.25) is 10.3 Å². The predicted molar refractivity (Wildman–Crippen MR) is 50.6 cm³/mol. The first kappa shape index (κ1) is 7.83. The number of hydroxylamine groups is 1. The molecule has 3 heteroatoms. The van der Waals surface area contributed by atoms with Crippen LogP contribution in [0, 0.1) is 0 Å². The van der Waals surface area contributed by atoms with Crippen molar-refractivity contribution in [3.8, 4) is 0 Å². The van der Waals surface area contributed by atoms with Gasteiger partial charge in [0.2, 0.25) is 0 Å². The zero-order valence-corrected chi connectivity index (χ0v) is 7.94. The van der Waals surface area contributed by atoms with Crippen molar-refractivity contribution in [1.82, 2.24) is 5.48 Å². The van der Waals surface area contributed by atoms with E-state index in [1.54, 1.807) is 11.3 Å². The van der Waals surface area contributed by atoms with Crippen LogP contribution in [0.25, 0.3) is 5.70 Å². The van der Waals surface area contributed by atoms with Crippen LogP contribution < -0.4 is 5.48 Å². The lowest BCUT2D eigenvalue weighted by atomic mass is 10.1. The molecule has 0 atom stereocenters. The van der Waals surface area contributed by atoms with E-state index < -0.39 is 0 Å². The molecule has 64 valence electrons. The van der Waals surface area contributed by atoms with Crippen molar-refractivity contribution in [2.24, 2.45) is 0 Å². The minimum atomic E-state index is -0.181. The summed E-state index contributed by atoms with van der Waals surface area (Å²) in [6.07, 6.45) is 2.10. The fourth-order valence-electron chi connectivity index (χ4n) is 1.15. The van der Waals surface area contributed by atoms with E-state index in [2.05, 4.69) is 23.0 Å². The molecule has 12 heavy (non-hydrogen) atoms. The third-order valence-electron chi connectivity index (χ3n) is 1.70. The molecule has 0 aliphatic carbocycles. The molecule has 1 aromatic rings. The fraction of sp³-hybridized carbons (Fsp3) is 0.333. The minimum Gasteiger partial charge on any atom is -0.266 e. The third-order valence-corrected chi connectivity index (χ3v) is 2.61. The normalized spacial score (nSPS) is 20.3. The summed E-state index contributed by atoms with van der Waals surface area (Å²) in [7, 11) is 0. The van der Waals surface area contributed by atoms with Crippen molar-refractivity contribution in [3.05, 3.63) is 28.5 Å².